The van der Waals surface area contributed by atoms with Crippen molar-refractivity contribution in [3.05, 3.63) is 47.7 Å². The molecule has 6 heteroatoms. The number of carbonyl (C=O) groups is 1. The minimum Gasteiger partial charge on any atom is -0.395 e. The second kappa shape index (κ2) is 8.27. The number of anilines is 1. The van der Waals surface area contributed by atoms with Gasteiger partial charge in [-0.25, -0.2) is 4.68 Å². The summed E-state index contributed by atoms with van der Waals surface area (Å²) in [5.41, 5.74) is 1.76. The second-order valence-corrected chi connectivity index (χ2v) is 7.22. The van der Waals surface area contributed by atoms with Crippen molar-refractivity contribution in [3.63, 3.8) is 0 Å². The van der Waals surface area contributed by atoms with Gasteiger partial charge in [-0.15, -0.1) is 0 Å². The Morgan fingerprint density at radius 2 is 1.96 bits per heavy atom. The maximum atomic E-state index is 12.5. The van der Waals surface area contributed by atoms with Crippen LogP contribution in [0.25, 0.3) is 0 Å². The maximum Gasteiger partial charge on any atom is 0.239 e. The van der Waals surface area contributed by atoms with Crippen LogP contribution in [-0.2, 0) is 16.9 Å². The van der Waals surface area contributed by atoms with Crippen LogP contribution in [0.4, 0.5) is 5.82 Å². The molecule has 2 aromatic rings. The first-order chi connectivity index (χ1) is 11.8. The number of nitrogens with one attached hydrogen (secondary N) is 1. The first-order valence-corrected chi connectivity index (χ1v) is 8.53. The summed E-state index contributed by atoms with van der Waals surface area (Å²) in [5, 5.41) is 16.7. The standard InChI is InChI=1S/C19H28N4O2/c1-15-12-17(23(21-15)19(2,3)4)20-18(25)14-22(10-11-24)13-16-8-6-5-7-9-16/h5-9,12,24H,10-11,13-14H2,1-4H3,(H,20,25). The lowest BCUT2D eigenvalue weighted by Gasteiger charge is -2.24. The van der Waals surface area contributed by atoms with Crippen molar-refractivity contribution in [2.24, 2.45) is 0 Å². The van der Waals surface area contributed by atoms with Gasteiger partial charge in [0.05, 0.1) is 24.4 Å². The molecular weight excluding hydrogens is 316 g/mol. The van der Waals surface area contributed by atoms with Crippen LogP contribution in [0.15, 0.2) is 36.4 Å². The fourth-order valence-corrected chi connectivity index (χ4v) is 2.68. The van der Waals surface area contributed by atoms with E-state index in [-0.39, 0.29) is 24.6 Å². The predicted molar refractivity (Wildman–Crippen MR) is 99.4 cm³/mol. The number of rotatable bonds is 7. The fraction of sp³-hybridized carbons (Fsp3) is 0.474. The van der Waals surface area contributed by atoms with Crippen LogP contribution in [-0.4, -0.2) is 45.4 Å². The number of hydrogen-bond donors (Lipinski definition) is 2. The molecule has 2 N–H and O–H groups in total. The Labute approximate surface area is 149 Å². The van der Waals surface area contributed by atoms with E-state index < -0.39 is 0 Å². The van der Waals surface area contributed by atoms with Crippen molar-refractivity contribution in [1.82, 2.24) is 14.7 Å². The average molecular weight is 344 g/mol. The number of carbonyl (C=O) groups excluding carboxylic acids is 1. The highest BCUT2D eigenvalue weighted by atomic mass is 16.3. The topological polar surface area (TPSA) is 70.4 Å². The minimum atomic E-state index is -0.217. The molecule has 0 aliphatic carbocycles. The molecule has 0 aliphatic heterocycles. The number of aryl methyl sites for hydroxylation is 1. The number of aliphatic hydroxyl groups excluding tert-OH is 1. The lowest BCUT2D eigenvalue weighted by molar-refractivity contribution is -0.117. The predicted octanol–water partition coefficient (Wildman–Crippen LogP) is 2.38. The monoisotopic (exact) mass is 344 g/mol. The van der Waals surface area contributed by atoms with E-state index in [1.807, 2.05) is 73.7 Å². The maximum absolute atomic E-state index is 12.5. The van der Waals surface area contributed by atoms with Gasteiger partial charge in [0.1, 0.15) is 5.82 Å². The van der Waals surface area contributed by atoms with Crippen molar-refractivity contribution in [1.29, 1.82) is 0 Å². The SMILES string of the molecule is Cc1cc(NC(=O)CN(CCO)Cc2ccccc2)n(C(C)(C)C)n1. The van der Waals surface area contributed by atoms with E-state index in [0.29, 0.717) is 18.9 Å². The van der Waals surface area contributed by atoms with E-state index in [1.54, 1.807) is 0 Å². The minimum absolute atomic E-state index is 0.0130. The molecule has 0 radical (unpaired) electrons. The van der Waals surface area contributed by atoms with Gasteiger partial charge in [-0.2, -0.15) is 5.10 Å². The summed E-state index contributed by atoms with van der Waals surface area (Å²) in [7, 11) is 0. The van der Waals surface area contributed by atoms with Crippen LogP contribution in [0.3, 0.4) is 0 Å². The molecule has 0 unspecified atom stereocenters. The molecule has 0 bridgehead atoms. The molecule has 0 aliphatic rings. The third-order valence-corrected chi connectivity index (χ3v) is 3.77. The highest BCUT2D eigenvalue weighted by Gasteiger charge is 2.20. The van der Waals surface area contributed by atoms with Gasteiger partial charge >= 0.3 is 0 Å². The summed E-state index contributed by atoms with van der Waals surface area (Å²) in [6, 6.07) is 11.8. The van der Waals surface area contributed by atoms with Gasteiger partial charge in [0.25, 0.3) is 0 Å². The molecule has 25 heavy (non-hydrogen) atoms. The molecule has 6 nitrogen and oxygen atoms in total. The Morgan fingerprint density at radius 3 is 2.56 bits per heavy atom. The molecule has 2 rings (SSSR count). The van der Waals surface area contributed by atoms with Gasteiger partial charge in [-0.1, -0.05) is 30.3 Å². The summed E-state index contributed by atoms with van der Waals surface area (Å²) in [4.78, 5) is 14.4. The molecule has 0 fully saturated rings. The summed E-state index contributed by atoms with van der Waals surface area (Å²) in [5.74, 6) is 0.577. The van der Waals surface area contributed by atoms with Gasteiger partial charge in [0.2, 0.25) is 5.91 Å². The molecule has 136 valence electrons. The Hall–Kier alpha value is -2.18. The van der Waals surface area contributed by atoms with E-state index in [9.17, 15) is 9.90 Å². The molecule has 0 spiro atoms. The number of amides is 1. The quantitative estimate of drug-likeness (QED) is 0.809. The molecule has 1 amide bonds. The zero-order valence-electron chi connectivity index (χ0n) is 15.5. The zero-order chi connectivity index (χ0) is 18.4. The van der Waals surface area contributed by atoms with Gasteiger partial charge in [0.15, 0.2) is 0 Å². The van der Waals surface area contributed by atoms with Crippen LogP contribution in [0, 0.1) is 6.92 Å². The molecule has 1 heterocycles. The average Bonchev–Trinajstić information content (AvgIpc) is 2.89. The van der Waals surface area contributed by atoms with Crippen LogP contribution in [0.2, 0.25) is 0 Å². The molecule has 0 saturated carbocycles. The summed E-state index contributed by atoms with van der Waals surface area (Å²) in [6.45, 7) is 9.33. The van der Waals surface area contributed by atoms with E-state index in [4.69, 9.17) is 0 Å². The van der Waals surface area contributed by atoms with Gasteiger partial charge in [-0.3, -0.25) is 9.69 Å². The van der Waals surface area contributed by atoms with E-state index >= 15 is 0 Å². The molecule has 1 aromatic heterocycles. The van der Waals surface area contributed by atoms with Crippen LogP contribution in [0.5, 0.6) is 0 Å². The molecule has 0 saturated heterocycles. The van der Waals surface area contributed by atoms with E-state index in [0.717, 1.165) is 11.3 Å². The smallest absolute Gasteiger partial charge is 0.239 e. The summed E-state index contributed by atoms with van der Waals surface area (Å²) in [6.07, 6.45) is 0. The first kappa shape index (κ1) is 19.1. The van der Waals surface area contributed by atoms with Crippen molar-refractivity contribution >= 4 is 11.7 Å². The van der Waals surface area contributed by atoms with Crippen LogP contribution >= 0.6 is 0 Å². The fourth-order valence-electron chi connectivity index (χ4n) is 2.68. The number of aromatic nitrogens is 2. The van der Waals surface area contributed by atoms with Crippen LogP contribution in [0.1, 0.15) is 32.0 Å². The highest BCUT2D eigenvalue weighted by Crippen LogP contribution is 2.21. The summed E-state index contributed by atoms with van der Waals surface area (Å²) < 4.78 is 1.83. The third-order valence-electron chi connectivity index (χ3n) is 3.77. The lowest BCUT2D eigenvalue weighted by Crippen LogP contribution is -2.36. The second-order valence-electron chi connectivity index (χ2n) is 7.22. The zero-order valence-corrected chi connectivity index (χ0v) is 15.5. The van der Waals surface area contributed by atoms with Crippen LogP contribution < -0.4 is 5.32 Å². The first-order valence-electron chi connectivity index (χ1n) is 8.53. The summed E-state index contributed by atoms with van der Waals surface area (Å²) >= 11 is 0. The van der Waals surface area contributed by atoms with Crippen molar-refractivity contribution in [3.8, 4) is 0 Å². The van der Waals surface area contributed by atoms with Gasteiger partial charge < -0.3 is 10.4 Å². The normalized spacial score (nSPS) is 11.8. The van der Waals surface area contributed by atoms with E-state index in [1.165, 1.54) is 0 Å². The molecule has 0 atom stereocenters. The van der Waals surface area contributed by atoms with Gasteiger partial charge in [-0.05, 0) is 33.3 Å². The Kier molecular flexibility index (Phi) is 6.33. The van der Waals surface area contributed by atoms with Crippen molar-refractivity contribution < 1.29 is 9.90 Å². The Morgan fingerprint density at radius 1 is 1.28 bits per heavy atom. The van der Waals surface area contributed by atoms with E-state index in [2.05, 4.69) is 10.4 Å². The number of hydrogen-bond acceptors (Lipinski definition) is 4. The Bertz CT molecular complexity index is 689. The van der Waals surface area contributed by atoms with Crippen molar-refractivity contribution in [2.45, 2.75) is 39.8 Å². The molecular formula is C19H28N4O2. The molecule has 1 aromatic carbocycles. The van der Waals surface area contributed by atoms with Crippen molar-refractivity contribution in [2.75, 3.05) is 25.0 Å². The number of aliphatic hydroxyl groups is 1. The highest BCUT2D eigenvalue weighted by molar-refractivity contribution is 5.91. The largest absolute Gasteiger partial charge is 0.395 e. The van der Waals surface area contributed by atoms with Gasteiger partial charge in [0, 0.05) is 19.2 Å². The third kappa shape index (κ3) is 5.69. The lowest BCUT2D eigenvalue weighted by atomic mass is 10.1. The Balaban J connectivity index is 2.04. The number of benzene rings is 1. The number of nitrogens with zero attached hydrogens (tertiary/aromatic N) is 3.